The molecule has 0 aliphatic rings. The minimum Gasteiger partial charge on any atom is -0.482 e. The summed E-state index contributed by atoms with van der Waals surface area (Å²) in [6.07, 6.45) is 3.68. The number of nitrogens with zero attached hydrogens (tertiary/aromatic N) is 2. The lowest BCUT2D eigenvalue weighted by molar-refractivity contribution is -0.143. The lowest BCUT2D eigenvalue weighted by Gasteiger charge is -2.08. The number of benzene rings is 1. The summed E-state index contributed by atoms with van der Waals surface area (Å²) >= 11 is 0. The molecule has 1 aromatic carbocycles. The van der Waals surface area contributed by atoms with Gasteiger partial charge in [0.15, 0.2) is 28.0 Å². The summed E-state index contributed by atoms with van der Waals surface area (Å²) in [5.74, 6) is -3.53. The number of carbonyl (C=O) groups is 5. The largest absolute Gasteiger partial charge is 0.482 e. The molecular formula is C30H39N3O14S. The molecule has 0 aliphatic heterocycles. The second-order valence-corrected chi connectivity index (χ2v) is 12.0. The van der Waals surface area contributed by atoms with Crippen molar-refractivity contribution in [1.82, 2.24) is 15.3 Å². The fourth-order valence-corrected chi connectivity index (χ4v) is 4.86. The molecule has 1 amide bonds. The van der Waals surface area contributed by atoms with Gasteiger partial charge in [-0.3, -0.25) is 14.4 Å². The topological polar surface area (TPSA) is 244 Å². The van der Waals surface area contributed by atoms with E-state index in [0.717, 1.165) is 12.4 Å². The highest BCUT2D eigenvalue weighted by Gasteiger charge is 2.18. The molecule has 17 nitrogen and oxygen atoms in total. The second-order valence-electron chi connectivity index (χ2n) is 9.99. The normalized spacial score (nSPS) is 11.2. The van der Waals surface area contributed by atoms with Gasteiger partial charge >= 0.3 is 11.9 Å². The van der Waals surface area contributed by atoms with Gasteiger partial charge in [-0.25, -0.2) is 28.0 Å². The number of carboxylic acid groups (broad SMARTS) is 2. The molecular weight excluding hydrogens is 658 g/mol. The van der Waals surface area contributed by atoms with Crippen molar-refractivity contribution in [3.63, 3.8) is 0 Å². The Morgan fingerprint density at radius 1 is 0.688 bits per heavy atom. The number of aliphatic carboxylic acids is 2. The number of ether oxygens (including phenoxy) is 5. The van der Waals surface area contributed by atoms with Gasteiger partial charge in [0, 0.05) is 38.4 Å². The average molecular weight is 698 g/mol. The Bertz CT molecular complexity index is 1430. The van der Waals surface area contributed by atoms with Crippen LogP contribution >= 0.6 is 0 Å². The molecule has 2 aromatic rings. The van der Waals surface area contributed by atoms with E-state index in [1.165, 1.54) is 24.3 Å². The Morgan fingerprint density at radius 2 is 1.23 bits per heavy atom. The number of hydrogen-bond donors (Lipinski definition) is 3. The molecule has 0 atom stereocenters. The number of aromatic nitrogens is 2. The van der Waals surface area contributed by atoms with Crippen molar-refractivity contribution in [2.45, 2.75) is 36.3 Å². The van der Waals surface area contributed by atoms with E-state index in [1.54, 1.807) is 0 Å². The summed E-state index contributed by atoms with van der Waals surface area (Å²) in [5, 5.41) is 19.6. The van der Waals surface area contributed by atoms with Crippen molar-refractivity contribution < 1.29 is 66.3 Å². The standard InChI is InChI=1S/C30H39N3O14S/c34-23(3-1-9-43-11-13-45-18-24(35)4-2-10-44-12-14-46-19-28(36)37)17-33-30(40)22-15-31-27(32-16-22)21-48(41,42)26-7-5-25(6-8-26)47-20-29(38)39/h5-8,15-16H,1-4,9-14,17-21H2,(H,33,40)(H,36,37)(H,38,39). The molecule has 1 aromatic heterocycles. The number of rotatable bonds is 27. The van der Waals surface area contributed by atoms with Crippen LogP contribution in [0.15, 0.2) is 41.6 Å². The lowest BCUT2D eigenvalue weighted by atomic mass is 10.2. The van der Waals surface area contributed by atoms with E-state index in [-0.39, 0.29) is 99.2 Å². The number of hydrogen-bond acceptors (Lipinski definition) is 14. The van der Waals surface area contributed by atoms with Crippen LogP contribution in [-0.4, -0.2) is 124 Å². The number of carbonyl (C=O) groups excluding carboxylic acids is 3. The lowest BCUT2D eigenvalue weighted by Crippen LogP contribution is -2.29. The van der Waals surface area contributed by atoms with E-state index in [1.807, 2.05) is 0 Å². The van der Waals surface area contributed by atoms with E-state index in [4.69, 9.17) is 33.9 Å². The summed E-state index contributed by atoms with van der Waals surface area (Å²) in [5.41, 5.74) is 0.0408. The van der Waals surface area contributed by atoms with Gasteiger partial charge in [-0.05, 0) is 37.1 Å². The number of amides is 1. The monoisotopic (exact) mass is 697 g/mol. The molecule has 0 saturated heterocycles. The van der Waals surface area contributed by atoms with Crippen LogP contribution in [0.2, 0.25) is 0 Å². The Labute approximate surface area is 276 Å². The molecule has 0 aliphatic carbocycles. The fourth-order valence-electron chi connectivity index (χ4n) is 3.66. The van der Waals surface area contributed by atoms with E-state index in [0.29, 0.717) is 19.4 Å². The van der Waals surface area contributed by atoms with Gasteiger partial charge in [0.05, 0.1) is 43.4 Å². The van der Waals surface area contributed by atoms with Crippen molar-refractivity contribution in [3.05, 3.63) is 48.0 Å². The predicted octanol–water partition coefficient (Wildman–Crippen LogP) is 0.493. The molecule has 0 unspecified atom stereocenters. The Morgan fingerprint density at radius 3 is 1.81 bits per heavy atom. The van der Waals surface area contributed by atoms with Crippen LogP contribution in [0.4, 0.5) is 0 Å². The van der Waals surface area contributed by atoms with Gasteiger partial charge in [-0.1, -0.05) is 0 Å². The number of sulfone groups is 1. The number of ketones is 2. The zero-order valence-corrected chi connectivity index (χ0v) is 27.0. The van der Waals surface area contributed by atoms with Gasteiger partial charge < -0.3 is 39.2 Å². The van der Waals surface area contributed by atoms with Crippen molar-refractivity contribution in [2.24, 2.45) is 0 Å². The molecule has 264 valence electrons. The quantitative estimate of drug-likeness (QED) is 0.108. The third-order valence-electron chi connectivity index (χ3n) is 6.00. The summed E-state index contributed by atoms with van der Waals surface area (Å²) in [4.78, 5) is 65.0. The third kappa shape index (κ3) is 17.5. The molecule has 0 fully saturated rings. The van der Waals surface area contributed by atoms with Gasteiger partial charge in [0.2, 0.25) is 0 Å². The highest BCUT2D eigenvalue weighted by atomic mass is 32.2. The molecule has 0 radical (unpaired) electrons. The SMILES string of the molecule is O=C(O)COCCOCCCC(=O)COCCOCCCC(=O)CNC(=O)c1cnc(CS(=O)(=O)c2ccc(OCC(=O)O)cc2)nc1. The van der Waals surface area contributed by atoms with E-state index in [2.05, 4.69) is 15.3 Å². The van der Waals surface area contributed by atoms with E-state index < -0.39 is 40.0 Å². The van der Waals surface area contributed by atoms with Gasteiger partial charge in [-0.15, -0.1) is 0 Å². The van der Waals surface area contributed by atoms with Crippen LogP contribution in [0.3, 0.4) is 0 Å². The highest BCUT2D eigenvalue weighted by Crippen LogP contribution is 2.19. The molecule has 1 heterocycles. The minimum atomic E-state index is -3.84. The smallest absolute Gasteiger partial charge is 0.341 e. The minimum absolute atomic E-state index is 0.0408. The number of carboxylic acids is 2. The molecule has 0 spiro atoms. The van der Waals surface area contributed by atoms with Crippen LogP contribution in [0.25, 0.3) is 0 Å². The molecule has 18 heteroatoms. The zero-order valence-electron chi connectivity index (χ0n) is 26.2. The maximum atomic E-state index is 12.7. The average Bonchev–Trinajstić information content (AvgIpc) is 3.05. The fraction of sp³-hybridized carbons (Fsp3) is 0.500. The van der Waals surface area contributed by atoms with Crippen molar-refractivity contribution >= 4 is 39.2 Å². The Balaban J connectivity index is 1.53. The van der Waals surface area contributed by atoms with Crippen molar-refractivity contribution in [2.75, 3.05) is 66.0 Å². The third-order valence-corrected chi connectivity index (χ3v) is 7.63. The van der Waals surface area contributed by atoms with Crippen molar-refractivity contribution in [1.29, 1.82) is 0 Å². The van der Waals surface area contributed by atoms with Gasteiger partial charge in [0.25, 0.3) is 5.91 Å². The summed E-state index contributed by atoms with van der Waals surface area (Å²) in [6, 6.07) is 5.21. The first-order valence-electron chi connectivity index (χ1n) is 14.8. The summed E-state index contributed by atoms with van der Waals surface area (Å²) < 4.78 is 51.1. The molecule has 0 saturated carbocycles. The van der Waals surface area contributed by atoms with Crippen molar-refractivity contribution in [3.8, 4) is 5.75 Å². The van der Waals surface area contributed by atoms with Gasteiger partial charge in [-0.2, -0.15) is 0 Å². The van der Waals surface area contributed by atoms with Crippen LogP contribution < -0.4 is 10.1 Å². The zero-order chi connectivity index (χ0) is 35.2. The molecule has 48 heavy (non-hydrogen) atoms. The van der Waals surface area contributed by atoms with Crippen LogP contribution in [0.1, 0.15) is 41.9 Å². The van der Waals surface area contributed by atoms with E-state index >= 15 is 0 Å². The second kappa shape index (κ2) is 22.3. The maximum absolute atomic E-state index is 12.7. The molecule has 2 rings (SSSR count). The Kier molecular flexibility index (Phi) is 18.5. The molecule has 0 bridgehead atoms. The number of nitrogens with one attached hydrogen (secondary N) is 1. The van der Waals surface area contributed by atoms with Crippen LogP contribution in [-0.2, 0) is 53.7 Å². The first-order chi connectivity index (χ1) is 23.0. The van der Waals surface area contributed by atoms with Crippen LogP contribution in [0.5, 0.6) is 5.75 Å². The first-order valence-corrected chi connectivity index (χ1v) is 16.4. The maximum Gasteiger partial charge on any atom is 0.341 e. The van der Waals surface area contributed by atoms with E-state index in [9.17, 15) is 32.4 Å². The first kappa shape index (κ1) is 39.8. The van der Waals surface area contributed by atoms with Crippen LogP contribution in [0, 0.1) is 0 Å². The molecule has 3 N–H and O–H groups in total. The Hall–Kier alpha value is -4.36. The van der Waals surface area contributed by atoms with Gasteiger partial charge in [0.1, 0.15) is 30.5 Å². The summed E-state index contributed by atoms with van der Waals surface area (Å²) in [6.45, 7) is 0.259. The predicted molar refractivity (Wildman–Crippen MR) is 164 cm³/mol. The summed E-state index contributed by atoms with van der Waals surface area (Å²) in [7, 11) is -3.84. The number of Topliss-reactive ketones (excluding diaryl/α,β-unsaturated/α-hetero) is 2. The highest BCUT2D eigenvalue weighted by molar-refractivity contribution is 7.90.